The van der Waals surface area contributed by atoms with Gasteiger partial charge in [0.2, 0.25) is 20.0 Å². The Bertz CT molecular complexity index is 1050. The predicted molar refractivity (Wildman–Crippen MR) is 118 cm³/mol. The first-order chi connectivity index (χ1) is 14.1. The van der Waals surface area contributed by atoms with E-state index >= 15 is 0 Å². The van der Waals surface area contributed by atoms with Crippen molar-refractivity contribution in [3.05, 3.63) is 54.1 Å². The first kappa shape index (κ1) is 24.3. The maximum atomic E-state index is 13.3. The first-order valence-electron chi connectivity index (χ1n) is 9.89. The molecular weight excluding hydrogens is 424 g/mol. The van der Waals surface area contributed by atoms with Gasteiger partial charge >= 0.3 is 0 Å². The summed E-state index contributed by atoms with van der Waals surface area (Å²) in [5.41, 5.74) is 0.806. The van der Waals surface area contributed by atoms with Gasteiger partial charge in [-0.3, -0.25) is 0 Å². The van der Waals surface area contributed by atoms with Crippen molar-refractivity contribution in [2.45, 2.75) is 43.5 Å². The maximum absolute atomic E-state index is 13.3. The average molecular weight is 455 g/mol. The highest BCUT2D eigenvalue weighted by atomic mass is 32.2. The van der Waals surface area contributed by atoms with Crippen LogP contribution in [-0.4, -0.2) is 52.2 Å². The number of benzene rings is 2. The van der Waals surface area contributed by atoms with Gasteiger partial charge in [-0.15, -0.1) is 0 Å². The lowest BCUT2D eigenvalue weighted by Crippen LogP contribution is -2.33. The fourth-order valence-corrected chi connectivity index (χ4v) is 6.44. The van der Waals surface area contributed by atoms with E-state index in [4.69, 9.17) is 4.74 Å². The molecule has 0 amide bonds. The molecule has 0 fully saturated rings. The van der Waals surface area contributed by atoms with Crippen LogP contribution in [0.5, 0.6) is 5.75 Å². The number of nitrogens with zero attached hydrogens (tertiary/aromatic N) is 2. The zero-order chi connectivity index (χ0) is 22.5. The largest absolute Gasteiger partial charge is 0.497 e. The molecule has 0 aliphatic carbocycles. The number of rotatable bonds is 10. The highest BCUT2D eigenvalue weighted by molar-refractivity contribution is 7.89. The van der Waals surface area contributed by atoms with Gasteiger partial charge in [-0.1, -0.05) is 32.9 Å². The van der Waals surface area contributed by atoms with Gasteiger partial charge in [0.1, 0.15) is 5.75 Å². The summed E-state index contributed by atoms with van der Waals surface area (Å²) >= 11 is 0. The molecule has 1 atom stereocenters. The highest BCUT2D eigenvalue weighted by Crippen LogP contribution is 2.29. The van der Waals surface area contributed by atoms with Crippen molar-refractivity contribution in [2.75, 3.05) is 26.7 Å². The summed E-state index contributed by atoms with van der Waals surface area (Å²) in [6, 6.07) is 12.3. The number of hydrogen-bond donors (Lipinski definition) is 0. The van der Waals surface area contributed by atoms with Crippen molar-refractivity contribution < 1.29 is 21.6 Å². The van der Waals surface area contributed by atoms with Crippen molar-refractivity contribution in [3.63, 3.8) is 0 Å². The van der Waals surface area contributed by atoms with E-state index in [9.17, 15) is 16.8 Å². The molecule has 2 rings (SSSR count). The summed E-state index contributed by atoms with van der Waals surface area (Å²) in [5, 5.41) is 0. The lowest BCUT2D eigenvalue weighted by atomic mass is 10.1. The molecule has 7 nitrogen and oxygen atoms in total. The Balaban J connectivity index is 2.39. The molecule has 0 saturated carbocycles. The van der Waals surface area contributed by atoms with Crippen LogP contribution in [0, 0.1) is 0 Å². The normalized spacial score (nSPS) is 13.6. The second-order valence-electron chi connectivity index (χ2n) is 6.72. The quantitative estimate of drug-likeness (QED) is 0.549. The molecule has 166 valence electrons. The Morgan fingerprint density at radius 1 is 0.833 bits per heavy atom. The molecule has 0 saturated heterocycles. The Labute approximate surface area is 180 Å². The van der Waals surface area contributed by atoms with Gasteiger partial charge in [0, 0.05) is 25.7 Å². The van der Waals surface area contributed by atoms with E-state index in [2.05, 4.69) is 0 Å². The highest BCUT2D eigenvalue weighted by Gasteiger charge is 2.30. The van der Waals surface area contributed by atoms with Gasteiger partial charge in [0.15, 0.2) is 0 Å². The summed E-state index contributed by atoms with van der Waals surface area (Å²) in [5.74, 6) is 0.652. The molecule has 2 aromatic rings. The summed E-state index contributed by atoms with van der Waals surface area (Å²) < 4.78 is 59.8. The van der Waals surface area contributed by atoms with Crippen molar-refractivity contribution in [1.82, 2.24) is 8.61 Å². The van der Waals surface area contributed by atoms with Crippen LogP contribution in [0.3, 0.4) is 0 Å². The SMILES string of the molecule is CCN(CC)S(=O)(=O)c1ccc(S(=O)(=O)N(CC)[C@@H](C)c2cccc(OC)c2)cc1. The Hall–Kier alpha value is -1.94. The van der Waals surface area contributed by atoms with Crippen LogP contribution in [0.4, 0.5) is 0 Å². The molecule has 0 aliphatic heterocycles. The number of hydrogen-bond acceptors (Lipinski definition) is 5. The molecule has 0 aromatic heterocycles. The minimum Gasteiger partial charge on any atom is -0.497 e. The molecule has 30 heavy (non-hydrogen) atoms. The molecule has 0 radical (unpaired) electrons. The van der Waals surface area contributed by atoms with Gasteiger partial charge in [-0.05, 0) is 48.9 Å². The monoisotopic (exact) mass is 454 g/mol. The van der Waals surface area contributed by atoms with Crippen LogP contribution in [0.2, 0.25) is 0 Å². The van der Waals surface area contributed by atoms with Gasteiger partial charge in [0.25, 0.3) is 0 Å². The van der Waals surface area contributed by atoms with Crippen LogP contribution in [0.15, 0.2) is 58.3 Å². The topological polar surface area (TPSA) is 84.0 Å². The second kappa shape index (κ2) is 9.91. The molecule has 0 unspecified atom stereocenters. The molecule has 0 N–H and O–H groups in total. The molecule has 9 heteroatoms. The maximum Gasteiger partial charge on any atom is 0.243 e. The molecule has 2 aromatic carbocycles. The molecule has 0 bridgehead atoms. The first-order valence-corrected chi connectivity index (χ1v) is 12.8. The van der Waals surface area contributed by atoms with E-state index in [0.29, 0.717) is 18.8 Å². The predicted octanol–water partition coefficient (Wildman–Crippen LogP) is 3.50. The Morgan fingerprint density at radius 3 is 1.83 bits per heavy atom. The fraction of sp³-hybridized carbons (Fsp3) is 0.429. The third-order valence-electron chi connectivity index (χ3n) is 5.09. The third-order valence-corrected chi connectivity index (χ3v) is 9.22. The van der Waals surface area contributed by atoms with Gasteiger partial charge in [-0.2, -0.15) is 8.61 Å². The fourth-order valence-electron chi connectivity index (χ4n) is 3.35. The summed E-state index contributed by atoms with van der Waals surface area (Å²) in [4.78, 5) is 0.131. The zero-order valence-corrected chi connectivity index (χ0v) is 19.7. The minimum atomic E-state index is -3.83. The van der Waals surface area contributed by atoms with Gasteiger partial charge in [0.05, 0.1) is 16.9 Å². The van der Waals surface area contributed by atoms with Crippen molar-refractivity contribution in [2.24, 2.45) is 0 Å². The Kier molecular flexibility index (Phi) is 8.04. The standard InChI is InChI=1S/C21H30N2O5S2/c1-6-22(7-2)29(24,25)20-12-14-21(15-13-20)30(26,27)23(8-3)17(4)18-10-9-11-19(16-18)28-5/h9-17H,6-8H2,1-5H3/t17-/m0/s1. The second-order valence-corrected chi connectivity index (χ2v) is 10.6. The smallest absolute Gasteiger partial charge is 0.243 e. The summed E-state index contributed by atoms with van der Waals surface area (Å²) in [7, 11) is -5.91. The van der Waals surface area contributed by atoms with Crippen LogP contribution >= 0.6 is 0 Å². The van der Waals surface area contributed by atoms with Crippen LogP contribution < -0.4 is 4.74 Å². The molecule has 0 heterocycles. The van der Waals surface area contributed by atoms with E-state index < -0.39 is 26.1 Å². The van der Waals surface area contributed by atoms with Crippen molar-refractivity contribution in [1.29, 1.82) is 0 Å². The molecule has 0 aliphatic rings. The minimum absolute atomic E-state index is 0.0533. The number of methoxy groups -OCH3 is 1. The van der Waals surface area contributed by atoms with E-state index in [-0.39, 0.29) is 16.3 Å². The van der Waals surface area contributed by atoms with E-state index in [1.807, 2.05) is 25.1 Å². The van der Waals surface area contributed by atoms with E-state index in [1.54, 1.807) is 33.9 Å². The summed E-state index contributed by atoms with van der Waals surface area (Å²) in [6.45, 7) is 8.07. The number of ether oxygens (including phenoxy) is 1. The van der Waals surface area contributed by atoms with Crippen LogP contribution in [0.1, 0.15) is 39.3 Å². The van der Waals surface area contributed by atoms with Gasteiger partial charge in [-0.25, -0.2) is 16.8 Å². The van der Waals surface area contributed by atoms with Crippen molar-refractivity contribution >= 4 is 20.0 Å². The zero-order valence-electron chi connectivity index (χ0n) is 18.1. The van der Waals surface area contributed by atoms with Crippen LogP contribution in [0.25, 0.3) is 0 Å². The third kappa shape index (κ3) is 4.85. The van der Waals surface area contributed by atoms with Gasteiger partial charge < -0.3 is 4.74 Å². The van der Waals surface area contributed by atoms with E-state index in [1.165, 1.54) is 32.9 Å². The lowest BCUT2D eigenvalue weighted by molar-refractivity contribution is 0.354. The number of sulfonamides is 2. The van der Waals surface area contributed by atoms with Crippen LogP contribution in [-0.2, 0) is 20.0 Å². The molecule has 0 spiro atoms. The Morgan fingerprint density at radius 2 is 1.37 bits per heavy atom. The molecular formula is C21H30N2O5S2. The lowest BCUT2D eigenvalue weighted by Gasteiger charge is -2.28. The average Bonchev–Trinajstić information content (AvgIpc) is 2.74. The van der Waals surface area contributed by atoms with Crippen molar-refractivity contribution in [3.8, 4) is 5.75 Å². The summed E-state index contributed by atoms with van der Waals surface area (Å²) in [6.07, 6.45) is 0. The van der Waals surface area contributed by atoms with E-state index in [0.717, 1.165) is 5.56 Å².